The molecular weight excluding hydrogens is 518 g/mol. The highest BCUT2D eigenvalue weighted by atomic mass is 32.2. The summed E-state index contributed by atoms with van der Waals surface area (Å²) in [5.41, 5.74) is 12.1. The maximum Gasteiger partial charge on any atom is 0.326 e. The maximum absolute atomic E-state index is 13.6. The van der Waals surface area contributed by atoms with Crippen molar-refractivity contribution in [2.75, 3.05) is 13.1 Å². The predicted octanol–water partition coefficient (Wildman–Crippen LogP) is 2.42. The zero-order chi connectivity index (χ0) is 28.8. The molecule has 2 aromatic rings. The molecular formula is C28H39N5O5S. The Kier molecular flexibility index (Phi) is 9.73. The van der Waals surface area contributed by atoms with Crippen molar-refractivity contribution in [3.8, 4) is 0 Å². The average Bonchev–Trinajstić information content (AvgIpc) is 2.90. The van der Waals surface area contributed by atoms with Gasteiger partial charge in [-0.3, -0.25) is 9.79 Å². The van der Waals surface area contributed by atoms with Gasteiger partial charge in [0.05, 0.1) is 4.90 Å². The molecule has 0 radical (unpaired) electrons. The van der Waals surface area contributed by atoms with Crippen molar-refractivity contribution in [3.05, 3.63) is 65.7 Å². The van der Waals surface area contributed by atoms with Crippen molar-refractivity contribution in [1.29, 1.82) is 0 Å². The van der Waals surface area contributed by atoms with Crippen LogP contribution in [-0.4, -0.2) is 61.4 Å². The smallest absolute Gasteiger partial charge is 0.326 e. The number of likely N-dealkylation sites (tertiary alicyclic amines) is 1. The summed E-state index contributed by atoms with van der Waals surface area (Å²) in [7, 11) is -4.14. The molecule has 0 spiro atoms. The lowest BCUT2D eigenvalue weighted by atomic mass is 9.78. The van der Waals surface area contributed by atoms with Crippen molar-refractivity contribution in [3.63, 3.8) is 0 Å². The second-order valence-corrected chi connectivity index (χ2v) is 12.4. The van der Waals surface area contributed by atoms with Crippen LogP contribution in [0.3, 0.4) is 0 Å². The third kappa shape index (κ3) is 7.57. The largest absolute Gasteiger partial charge is 0.480 e. The predicted molar refractivity (Wildman–Crippen MR) is 151 cm³/mol. The minimum Gasteiger partial charge on any atom is -0.480 e. The van der Waals surface area contributed by atoms with E-state index in [0.717, 1.165) is 11.1 Å². The van der Waals surface area contributed by atoms with Gasteiger partial charge in [-0.05, 0) is 54.9 Å². The zero-order valence-electron chi connectivity index (χ0n) is 22.7. The first-order valence-electron chi connectivity index (χ1n) is 13.1. The standard InChI is InChI=1S/C28H39N5O5S/c1-19-14-16-33(24(17-19)26(35)36)25(34)23(13-8-15-31-27(29)30)32-39(37,38)22-12-7-11-21(18-22)28(2,3)20-9-5-4-6-10-20/h4-7,9-12,18-19,23-24,32H,8,13-17H2,1-3H3,(H,35,36)(H4,29,30,31)/t19-,23+,24-/m1/s1. The van der Waals surface area contributed by atoms with Crippen LogP contribution in [0.4, 0.5) is 0 Å². The molecule has 10 nitrogen and oxygen atoms in total. The fourth-order valence-corrected chi connectivity index (χ4v) is 6.17. The highest BCUT2D eigenvalue weighted by molar-refractivity contribution is 7.89. The summed E-state index contributed by atoms with van der Waals surface area (Å²) in [6, 6.07) is 14.2. The van der Waals surface area contributed by atoms with Gasteiger partial charge in [-0.1, -0.05) is 63.2 Å². The van der Waals surface area contributed by atoms with Crippen LogP contribution in [-0.2, 0) is 25.0 Å². The van der Waals surface area contributed by atoms with E-state index in [1.165, 1.54) is 11.0 Å². The SMILES string of the molecule is C[C@@H]1CCN(C(=O)[C@H](CCCN=C(N)N)NS(=O)(=O)c2cccc(C(C)(C)c3ccccc3)c2)[C@@H](C(=O)O)C1. The Labute approximate surface area is 230 Å². The lowest BCUT2D eigenvalue weighted by Gasteiger charge is -2.38. The number of piperidine rings is 1. The fraction of sp³-hybridized carbons (Fsp3) is 0.464. The van der Waals surface area contributed by atoms with Crippen LogP contribution in [0.1, 0.15) is 57.6 Å². The number of nitrogens with two attached hydrogens (primary N) is 2. The number of sulfonamides is 1. The topological polar surface area (TPSA) is 168 Å². The second-order valence-electron chi connectivity index (χ2n) is 10.7. The first-order valence-corrected chi connectivity index (χ1v) is 14.6. The fourth-order valence-electron chi connectivity index (χ4n) is 4.90. The quantitative estimate of drug-likeness (QED) is 0.187. The maximum atomic E-state index is 13.6. The van der Waals surface area contributed by atoms with Crippen molar-refractivity contribution in [2.45, 2.75) is 68.8 Å². The van der Waals surface area contributed by atoms with Crippen LogP contribution in [0.2, 0.25) is 0 Å². The molecule has 0 saturated carbocycles. The molecule has 3 rings (SSSR count). The molecule has 212 valence electrons. The molecule has 1 aliphatic rings. The van der Waals surface area contributed by atoms with Gasteiger partial charge in [0.1, 0.15) is 12.1 Å². The molecule has 39 heavy (non-hydrogen) atoms. The molecule has 6 N–H and O–H groups in total. The molecule has 1 saturated heterocycles. The molecule has 2 aromatic carbocycles. The van der Waals surface area contributed by atoms with E-state index in [9.17, 15) is 23.1 Å². The van der Waals surface area contributed by atoms with E-state index in [0.29, 0.717) is 19.3 Å². The summed E-state index contributed by atoms with van der Waals surface area (Å²) < 4.78 is 29.7. The number of carbonyl (C=O) groups excluding carboxylic acids is 1. The van der Waals surface area contributed by atoms with Gasteiger partial charge >= 0.3 is 5.97 Å². The number of carbonyl (C=O) groups is 2. The number of hydrogen-bond acceptors (Lipinski definition) is 5. The number of aliphatic carboxylic acids is 1. The number of aliphatic imine (C=N–C) groups is 1. The highest BCUT2D eigenvalue weighted by Crippen LogP contribution is 2.32. The minimum atomic E-state index is -4.14. The van der Waals surface area contributed by atoms with E-state index in [1.807, 2.05) is 57.2 Å². The van der Waals surface area contributed by atoms with Crippen LogP contribution in [0.15, 0.2) is 64.5 Å². The second kappa shape index (κ2) is 12.6. The number of rotatable bonds is 11. The molecule has 1 aliphatic heterocycles. The van der Waals surface area contributed by atoms with Crippen molar-refractivity contribution in [2.24, 2.45) is 22.4 Å². The zero-order valence-corrected chi connectivity index (χ0v) is 23.5. The Balaban J connectivity index is 1.90. The van der Waals surface area contributed by atoms with Gasteiger partial charge < -0.3 is 21.5 Å². The first-order chi connectivity index (χ1) is 18.3. The lowest BCUT2D eigenvalue weighted by Crippen LogP contribution is -2.56. The summed E-state index contributed by atoms with van der Waals surface area (Å²) in [6.45, 7) is 6.41. The van der Waals surface area contributed by atoms with Crippen molar-refractivity contribution in [1.82, 2.24) is 9.62 Å². The van der Waals surface area contributed by atoms with Gasteiger partial charge in [0.2, 0.25) is 15.9 Å². The van der Waals surface area contributed by atoms with Crippen molar-refractivity contribution >= 4 is 27.9 Å². The Hall–Kier alpha value is -3.44. The molecule has 1 amide bonds. The molecule has 1 fully saturated rings. The van der Waals surface area contributed by atoms with E-state index in [4.69, 9.17) is 11.5 Å². The Morgan fingerprint density at radius 1 is 1.13 bits per heavy atom. The highest BCUT2D eigenvalue weighted by Gasteiger charge is 2.39. The van der Waals surface area contributed by atoms with Crippen LogP contribution < -0.4 is 16.2 Å². The van der Waals surface area contributed by atoms with E-state index < -0.39 is 39.4 Å². The minimum absolute atomic E-state index is 0.0214. The summed E-state index contributed by atoms with van der Waals surface area (Å²) in [5, 5.41) is 9.77. The number of carboxylic acid groups (broad SMARTS) is 1. The number of nitrogens with one attached hydrogen (secondary N) is 1. The number of carboxylic acids is 1. The number of amides is 1. The van der Waals surface area contributed by atoms with Gasteiger partial charge in [-0.25, -0.2) is 13.2 Å². The number of nitrogens with zero attached hydrogens (tertiary/aromatic N) is 2. The van der Waals surface area contributed by atoms with Crippen LogP contribution >= 0.6 is 0 Å². The van der Waals surface area contributed by atoms with Crippen LogP contribution in [0.25, 0.3) is 0 Å². The number of benzene rings is 2. The molecule has 0 aromatic heterocycles. The third-order valence-corrected chi connectivity index (χ3v) is 8.80. The summed E-state index contributed by atoms with van der Waals surface area (Å²) >= 11 is 0. The van der Waals surface area contributed by atoms with Gasteiger partial charge in [0.25, 0.3) is 0 Å². The first kappa shape index (κ1) is 30.1. The normalized spacial score (nSPS) is 18.8. The molecule has 3 atom stereocenters. The van der Waals surface area contributed by atoms with E-state index in [1.54, 1.807) is 12.1 Å². The van der Waals surface area contributed by atoms with Gasteiger partial charge in [0, 0.05) is 18.5 Å². The molecule has 11 heteroatoms. The summed E-state index contributed by atoms with van der Waals surface area (Å²) in [5.74, 6) is -1.63. The van der Waals surface area contributed by atoms with E-state index in [-0.39, 0.29) is 36.3 Å². The summed E-state index contributed by atoms with van der Waals surface area (Å²) in [6.07, 6.45) is 1.37. The van der Waals surface area contributed by atoms with Crippen molar-refractivity contribution < 1.29 is 23.1 Å². The van der Waals surface area contributed by atoms with E-state index in [2.05, 4.69) is 9.71 Å². The molecule has 1 heterocycles. The third-order valence-electron chi connectivity index (χ3n) is 7.34. The van der Waals surface area contributed by atoms with Gasteiger partial charge in [-0.15, -0.1) is 0 Å². The molecule has 0 unspecified atom stereocenters. The van der Waals surface area contributed by atoms with E-state index >= 15 is 0 Å². The number of hydrogen-bond donors (Lipinski definition) is 4. The van der Waals surface area contributed by atoms with Gasteiger partial charge in [0.15, 0.2) is 5.96 Å². The monoisotopic (exact) mass is 557 g/mol. The lowest BCUT2D eigenvalue weighted by molar-refractivity contribution is -0.153. The van der Waals surface area contributed by atoms with Crippen LogP contribution in [0, 0.1) is 5.92 Å². The average molecular weight is 558 g/mol. The Morgan fingerprint density at radius 3 is 2.44 bits per heavy atom. The van der Waals surface area contributed by atoms with Gasteiger partial charge in [-0.2, -0.15) is 4.72 Å². The molecule has 0 bridgehead atoms. The Morgan fingerprint density at radius 2 is 1.79 bits per heavy atom. The van der Waals surface area contributed by atoms with Crippen LogP contribution in [0.5, 0.6) is 0 Å². The number of guanidine groups is 1. The summed E-state index contributed by atoms with van der Waals surface area (Å²) in [4.78, 5) is 30.8. The Bertz CT molecular complexity index is 1290. The molecule has 0 aliphatic carbocycles.